The van der Waals surface area contributed by atoms with Gasteiger partial charge in [-0.2, -0.15) is 0 Å². The first kappa shape index (κ1) is 19.9. The van der Waals surface area contributed by atoms with E-state index in [1.807, 2.05) is 55.6 Å². The Labute approximate surface area is 175 Å². The molecule has 154 valence electrons. The van der Waals surface area contributed by atoms with E-state index in [4.69, 9.17) is 14.5 Å². The lowest BCUT2D eigenvalue weighted by atomic mass is 10.1. The second-order valence-corrected chi connectivity index (χ2v) is 7.29. The van der Waals surface area contributed by atoms with Gasteiger partial charge < -0.3 is 9.47 Å². The van der Waals surface area contributed by atoms with Crippen LogP contribution in [-0.2, 0) is 0 Å². The first-order chi connectivity index (χ1) is 14.5. The van der Waals surface area contributed by atoms with Crippen molar-refractivity contribution in [2.75, 3.05) is 13.2 Å². The highest BCUT2D eigenvalue weighted by Gasteiger charge is 2.16. The molecule has 3 aromatic heterocycles. The average molecular weight is 405 g/mol. The van der Waals surface area contributed by atoms with E-state index in [1.54, 1.807) is 12.1 Å². The quantitative estimate of drug-likeness (QED) is 0.391. The predicted molar refractivity (Wildman–Crippen MR) is 115 cm³/mol. The van der Waals surface area contributed by atoms with E-state index in [0.717, 1.165) is 33.9 Å². The highest BCUT2D eigenvalue weighted by Crippen LogP contribution is 2.31. The lowest BCUT2D eigenvalue weighted by Gasteiger charge is -2.11. The van der Waals surface area contributed by atoms with Crippen molar-refractivity contribution < 1.29 is 13.9 Å². The van der Waals surface area contributed by atoms with Crippen LogP contribution in [0.1, 0.15) is 23.4 Å². The van der Waals surface area contributed by atoms with Crippen LogP contribution in [0.25, 0.3) is 16.9 Å². The number of nitrogens with zero attached hydrogens (tertiary/aromatic N) is 3. The van der Waals surface area contributed by atoms with Crippen LogP contribution >= 0.6 is 0 Å². The molecule has 0 atom stereocenters. The molecule has 0 radical (unpaired) electrons. The smallest absolute Gasteiger partial charge is 0.226 e. The number of ether oxygens (including phenoxy) is 2. The van der Waals surface area contributed by atoms with E-state index in [1.165, 1.54) is 12.1 Å². The van der Waals surface area contributed by atoms with Crippen molar-refractivity contribution in [1.82, 2.24) is 14.4 Å². The normalized spacial score (nSPS) is 11.1. The Kier molecular flexibility index (Phi) is 5.65. The molecule has 0 aliphatic heterocycles. The Morgan fingerprint density at radius 2 is 1.63 bits per heavy atom. The first-order valence-corrected chi connectivity index (χ1v) is 9.96. The van der Waals surface area contributed by atoms with Crippen LogP contribution in [0.3, 0.4) is 0 Å². The van der Waals surface area contributed by atoms with Gasteiger partial charge in [-0.1, -0.05) is 6.07 Å². The summed E-state index contributed by atoms with van der Waals surface area (Å²) in [6.45, 7) is 6.91. The molecule has 0 aliphatic carbocycles. The third-order valence-electron chi connectivity index (χ3n) is 4.80. The SMILES string of the molecule is Cc1ccc2nc(-c3ccc(F)cc3)c(OCCCOc3ccc(C)nc3C)n2c1. The Morgan fingerprint density at radius 1 is 0.867 bits per heavy atom. The summed E-state index contributed by atoms with van der Waals surface area (Å²) in [5, 5.41) is 0. The zero-order valence-corrected chi connectivity index (χ0v) is 17.4. The highest BCUT2D eigenvalue weighted by atomic mass is 19.1. The maximum atomic E-state index is 13.4. The van der Waals surface area contributed by atoms with E-state index in [-0.39, 0.29) is 5.82 Å². The number of aromatic nitrogens is 3. The molecule has 6 heteroatoms. The third kappa shape index (κ3) is 4.27. The molecule has 0 aliphatic rings. The second-order valence-electron chi connectivity index (χ2n) is 7.29. The van der Waals surface area contributed by atoms with Gasteiger partial charge in [0, 0.05) is 23.9 Å². The van der Waals surface area contributed by atoms with Crippen molar-refractivity contribution in [2.45, 2.75) is 27.2 Å². The lowest BCUT2D eigenvalue weighted by molar-refractivity contribution is 0.240. The molecule has 1 aromatic carbocycles. The minimum atomic E-state index is -0.279. The zero-order chi connectivity index (χ0) is 21.1. The number of hydrogen-bond acceptors (Lipinski definition) is 4. The minimum absolute atomic E-state index is 0.279. The van der Waals surface area contributed by atoms with Crippen LogP contribution in [0.2, 0.25) is 0 Å². The summed E-state index contributed by atoms with van der Waals surface area (Å²) in [5.41, 5.74) is 5.24. The van der Waals surface area contributed by atoms with E-state index < -0.39 is 0 Å². The monoisotopic (exact) mass is 405 g/mol. The molecule has 0 saturated heterocycles. The summed E-state index contributed by atoms with van der Waals surface area (Å²) in [6.07, 6.45) is 2.69. The van der Waals surface area contributed by atoms with E-state index in [0.29, 0.717) is 31.2 Å². The number of hydrogen-bond donors (Lipinski definition) is 0. The van der Waals surface area contributed by atoms with Crippen molar-refractivity contribution in [3.8, 4) is 22.9 Å². The predicted octanol–water partition coefficient (Wildman–Crippen LogP) is 5.31. The Bertz CT molecular complexity index is 1170. The summed E-state index contributed by atoms with van der Waals surface area (Å²) in [4.78, 5) is 9.11. The molecule has 0 fully saturated rings. The van der Waals surface area contributed by atoms with Gasteiger partial charge in [-0.3, -0.25) is 9.38 Å². The van der Waals surface area contributed by atoms with Crippen molar-refractivity contribution in [3.05, 3.63) is 77.5 Å². The van der Waals surface area contributed by atoms with Gasteiger partial charge in [-0.15, -0.1) is 0 Å². The van der Waals surface area contributed by atoms with Gasteiger partial charge in [0.2, 0.25) is 5.88 Å². The van der Waals surface area contributed by atoms with Crippen molar-refractivity contribution >= 4 is 5.65 Å². The second kappa shape index (κ2) is 8.53. The zero-order valence-electron chi connectivity index (χ0n) is 17.4. The van der Waals surface area contributed by atoms with Gasteiger partial charge in [0.25, 0.3) is 0 Å². The lowest BCUT2D eigenvalue weighted by Crippen LogP contribution is -2.07. The molecule has 0 saturated carbocycles. The number of pyridine rings is 2. The number of halogens is 1. The molecule has 30 heavy (non-hydrogen) atoms. The number of fused-ring (bicyclic) bond motifs is 1. The summed E-state index contributed by atoms with van der Waals surface area (Å²) in [6, 6.07) is 14.1. The Hall–Kier alpha value is -3.41. The van der Waals surface area contributed by atoms with E-state index in [2.05, 4.69) is 4.98 Å². The number of imidazole rings is 1. The summed E-state index contributed by atoms with van der Waals surface area (Å²) < 4.78 is 27.3. The van der Waals surface area contributed by atoms with Crippen LogP contribution in [-0.4, -0.2) is 27.6 Å². The van der Waals surface area contributed by atoms with Crippen molar-refractivity contribution in [3.63, 3.8) is 0 Å². The molecule has 0 spiro atoms. The van der Waals surface area contributed by atoms with Crippen molar-refractivity contribution in [1.29, 1.82) is 0 Å². The summed E-state index contributed by atoms with van der Waals surface area (Å²) in [7, 11) is 0. The van der Waals surface area contributed by atoms with Gasteiger partial charge >= 0.3 is 0 Å². The average Bonchev–Trinajstić information content (AvgIpc) is 3.07. The fourth-order valence-electron chi connectivity index (χ4n) is 3.30. The molecule has 0 unspecified atom stereocenters. The third-order valence-corrected chi connectivity index (χ3v) is 4.80. The van der Waals surface area contributed by atoms with Gasteiger partial charge in [0.15, 0.2) is 0 Å². The number of rotatable bonds is 7. The molecular weight excluding hydrogens is 381 g/mol. The van der Waals surface area contributed by atoms with E-state index in [9.17, 15) is 4.39 Å². The van der Waals surface area contributed by atoms with Gasteiger partial charge in [-0.05, 0) is 68.8 Å². The molecule has 4 rings (SSSR count). The topological polar surface area (TPSA) is 48.7 Å². The van der Waals surface area contributed by atoms with Crippen LogP contribution in [0.4, 0.5) is 4.39 Å². The fraction of sp³-hybridized carbons (Fsp3) is 0.250. The molecule has 5 nitrogen and oxygen atoms in total. The van der Waals surface area contributed by atoms with Gasteiger partial charge in [-0.25, -0.2) is 9.37 Å². The minimum Gasteiger partial charge on any atom is -0.492 e. The van der Waals surface area contributed by atoms with E-state index >= 15 is 0 Å². The molecule has 0 amide bonds. The molecule has 3 heterocycles. The van der Waals surface area contributed by atoms with Crippen LogP contribution in [0.15, 0.2) is 54.7 Å². The molecule has 4 aromatic rings. The van der Waals surface area contributed by atoms with Crippen LogP contribution < -0.4 is 9.47 Å². The maximum Gasteiger partial charge on any atom is 0.226 e. The number of aryl methyl sites for hydroxylation is 3. The van der Waals surface area contributed by atoms with Gasteiger partial charge in [0.05, 0.1) is 18.9 Å². The summed E-state index contributed by atoms with van der Waals surface area (Å²) in [5.74, 6) is 1.16. The molecule has 0 N–H and O–H groups in total. The largest absolute Gasteiger partial charge is 0.492 e. The fourth-order valence-corrected chi connectivity index (χ4v) is 3.30. The van der Waals surface area contributed by atoms with Crippen LogP contribution in [0.5, 0.6) is 11.6 Å². The maximum absolute atomic E-state index is 13.4. The molecule has 0 bridgehead atoms. The Morgan fingerprint density at radius 3 is 2.40 bits per heavy atom. The number of benzene rings is 1. The van der Waals surface area contributed by atoms with Gasteiger partial charge in [0.1, 0.15) is 22.9 Å². The van der Waals surface area contributed by atoms with Crippen molar-refractivity contribution in [2.24, 2.45) is 0 Å². The molecular formula is C24H24FN3O2. The Balaban J connectivity index is 1.49. The standard InChI is InChI=1S/C24H24FN3O2/c1-16-5-12-22-27-23(19-7-9-20(25)10-8-19)24(28(22)15-16)30-14-4-13-29-21-11-6-17(2)26-18(21)3/h5-12,15H,4,13-14H2,1-3H3. The van der Waals surface area contributed by atoms with Crippen LogP contribution in [0, 0.1) is 26.6 Å². The highest BCUT2D eigenvalue weighted by molar-refractivity contribution is 5.69. The first-order valence-electron chi connectivity index (χ1n) is 9.96. The summed E-state index contributed by atoms with van der Waals surface area (Å²) >= 11 is 0.